The molecule has 0 aromatic rings. The van der Waals surface area contributed by atoms with E-state index in [0.29, 0.717) is 0 Å². The summed E-state index contributed by atoms with van der Waals surface area (Å²) in [5, 5.41) is 0. The molecule has 0 nitrogen and oxygen atoms in total. The smallest absolute Gasteiger partial charge is 0.00279 e. The molecule has 2 heteroatoms. The fourth-order valence-corrected chi connectivity index (χ4v) is 1.000. The Balaban J connectivity index is 0. The summed E-state index contributed by atoms with van der Waals surface area (Å²) in [5.74, 6) is 0. The Hall–Kier alpha value is 0.567. The fourth-order valence-electron chi connectivity index (χ4n) is 0.500. The SMILES string of the molecule is CCCCC[SiH3].S. The van der Waals surface area contributed by atoms with Crippen molar-refractivity contribution in [1.29, 1.82) is 0 Å². The van der Waals surface area contributed by atoms with E-state index < -0.39 is 0 Å². The zero-order valence-corrected chi connectivity index (χ0v) is 8.33. The van der Waals surface area contributed by atoms with Gasteiger partial charge in [0.2, 0.25) is 0 Å². The third kappa shape index (κ3) is 10.8. The Morgan fingerprint density at radius 3 is 2.00 bits per heavy atom. The third-order valence-electron chi connectivity index (χ3n) is 0.957. The second-order valence-electron chi connectivity index (χ2n) is 1.71. The lowest BCUT2D eigenvalue weighted by Gasteiger charge is -1.86. The van der Waals surface area contributed by atoms with Gasteiger partial charge < -0.3 is 0 Å². The molecule has 0 saturated heterocycles. The van der Waals surface area contributed by atoms with Gasteiger partial charge in [-0.2, -0.15) is 13.5 Å². The topological polar surface area (TPSA) is 0 Å². The van der Waals surface area contributed by atoms with Crippen LogP contribution >= 0.6 is 13.5 Å². The zero-order valence-electron chi connectivity index (χ0n) is 5.33. The second kappa shape index (κ2) is 9.76. The summed E-state index contributed by atoms with van der Waals surface area (Å²) >= 11 is 0. The predicted molar refractivity (Wildman–Crippen MR) is 44.7 cm³/mol. The molecule has 0 bridgehead atoms. The number of unbranched alkanes of at least 4 members (excludes halogenated alkanes) is 2. The summed E-state index contributed by atoms with van der Waals surface area (Å²) in [6.45, 7) is 2.25. The second-order valence-corrected chi connectivity index (χ2v) is 2.71. The molecule has 0 aliphatic rings. The Bertz CT molecular complexity index is 20.0. The van der Waals surface area contributed by atoms with E-state index in [4.69, 9.17) is 0 Å². The zero-order chi connectivity index (χ0) is 4.83. The highest BCUT2D eigenvalue weighted by atomic mass is 32.1. The van der Waals surface area contributed by atoms with Gasteiger partial charge in [-0.25, -0.2) is 0 Å². The molecule has 0 aliphatic heterocycles. The van der Waals surface area contributed by atoms with Gasteiger partial charge in [0.25, 0.3) is 0 Å². The van der Waals surface area contributed by atoms with Gasteiger partial charge in [0.1, 0.15) is 0 Å². The van der Waals surface area contributed by atoms with Crippen LogP contribution in [0.1, 0.15) is 26.2 Å². The van der Waals surface area contributed by atoms with Gasteiger partial charge in [0.05, 0.1) is 0 Å². The van der Waals surface area contributed by atoms with Crippen molar-refractivity contribution in [3.8, 4) is 0 Å². The first-order valence-corrected chi connectivity index (χ1v) is 4.33. The highest BCUT2D eigenvalue weighted by molar-refractivity contribution is 7.59. The predicted octanol–water partition coefficient (Wildman–Crippen LogP) is 1.07. The average Bonchev–Trinajstić information content (AvgIpc) is 1.61. The molecule has 0 heterocycles. The van der Waals surface area contributed by atoms with E-state index in [9.17, 15) is 0 Å². The summed E-state index contributed by atoms with van der Waals surface area (Å²) in [6, 6.07) is 1.49. The molecule has 0 radical (unpaired) electrons. The van der Waals surface area contributed by atoms with Crippen molar-refractivity contribution in [1.82, 2.24) is 0 Å². The Morgan fingerprint density at radius 2 is 1.86 bits per heavy atom. The van der Waals surface area contributed by atoms with Gasteiger partial charge in [-0.15, -0.1) is 0 Å². The lowest BCUT2D eigenvalue weighted by atomic mass is 10.3. The molecule has 0 spiro atoms. The Morgan fingerprint density at radius 1 is 1.29 bits per heavy atom. The lowest BCUT2D eigenvalue weighted by Crippen LogP contribution is -1.69. The van der Waals surface area contributed by atoms with Crippen molar-refractivity contribution in [2.45, 2.75) is 32.2 Å². The molecule has 0 unspecified atom stereocenters. The summed E-state index contributed by atoms with van der Waals surface area (Å²) in [4.78, 5) is 0. The molecular weight excluding hydrogens is 120 g/mol. The molecule has 0 aromatic carbocycles. The van der Waals surface area contributed by atoms with Gasteiger partial charge in [0.15, 0.2) is 0 Å². The first-order valence-electron chi connectivity index (χ1n) is 2.91. The van der Waals surface area contributed by atoms with E-state index in [1.165, 1.54) is 35.5 Å². The van der Waals surface area contributed by atoms with Crippen LogP contribution in [0.2, 0.25) is 6.04 Å². The first-order chi connectivity index (χ1) is 2.91. The monoisotopic (exact) mass is 136 g/mol. The van der Waals surface area contributed by atoms with Crippen LogP contribution in [0.15, 0.2) is 0 Å². The molecule has 46 valence electrons. The van der Waals surface area contributed by atoms with Crippen LogP contribution in [0.5, 0.6) is 0 Å². The van der Waals surface area contributed by atoms with Crippen molar-refractivity contribution < 1.29 is 0 Å². The van der Waals surface area contributed by atoms with Crippen LogP contribution < -0.4 is 0 Å². The molecule has 0 fully saturated rings. The van der Waals surface area contributed by atoms with Gasteiger partial charge >= 0.3 is 0 Å². The van der Waals surface area contributed by atoms with E-state index in [-0.39, 0.29) is 13.5 Å². The van der Waals surface area contributed by atoms with Crippen LogP contribution in [0.4, 0.5) is 0 Å². The minimum Gasteiger partial charge on any atom is -0.197 e. The van der Waals surface area contributed by atoms with Crippen molar-refractivity contribution in [2.24, 2.45) is 0 Å². The Labute approximate surface area is 56.6 Å². The molecule has 0 saturated carbocycles. The van der Waals surface area contributed by atoms with E-state index in [0.717, 1.165) is 0 Å². The number of hydrogen-bond acceptors (Lipinski definition) is 0. The van der Waals surface area contributed by atoms with Crippen molar-refractivity contribution in [3.05, 3.63) is 0 Å². The quantitative estimate of drug-likeness (QED) is 0.402. The van der Waals surface area contributed by atoms with Crippen molar-refractivity contribution in [2.75, 3.05) is 0 Å². The molecule has 0 amide bonds. The highest BCUT2D eigenvalue weighted by Crippen LogP contribution is 1.94. The van der Waals surface area contributed by atoms with E-state index >= 15 is 0 Å². The molecule has 0 rings (SSSR count). The lowest BCUT2D eigenvalue weighted by molar-refractivity contribution is 0.771. The maximum atomic E-state index is 2.25. The van der Waals surface area contributed by atoms with Gasteiger partial charge in [0, 0.05) is 10.2 Å². The summed E-state index contributed by atoms with van der Waals surface area (Å²) in [5.41, 5.74) is 0. The maximum Gasteiger partial charge on any atom is 0.00279 e. The molecule has 0 atom stereocenters. The first kappa shape index (κ1) is 10.5. The van der Waals surface area contributed by atoms with Crippen LogP contribution in [0, 0.1) is 0 Å². The maximum absolute atomic E-state index is 2.25. The average molecular weight is 136 g/mol. The number of hydrogen-bond donors (Lipinski definition) is 0. The van der Waals surface area contributed by atoms with Crippen LogP contribution in [-0.2, 0) is 0 Å². The van der Waals surface area contributed by atoms with E-state index in [1.54, 1.807) is 0 Å². The van der Waals surface area contributed by atoms with E-state index in [2.05, 4.69) is 6.92 Å². The summed E-state index contributed by atoms with van der Waals surface area (Å²) in [6.07, 6.45) is 4.30. The highest BCUT2D eigenvalue weighted by Gasteiger charge is 1.75. The molecule has 0 aromatic heterocycles. The van der Waals surface area contributed by atoms with E-state index in [1.807, 2.05) is 0 Å². The largest absolute Gasteiger partial charge is 0.197 e. The van der Waals surface area contributed by atoms with Crippen molar-refractivity contribution >= 4 is 23.7 Å². The van der Waals surface area contributed by atoms with Crippen LogP contribution in [0.25, 0.3) is 0 Å². The van der Waals surface area contributed by atoms with Gasteiger partial charge in [-0.05, 0) is 0 Å². The standard InChI is InChI=1S/C5H14Si.H2S/c1-2-3-4-5-6;/h2-5H2,1,6H3;1H2. The fraction of sp³-hybridized carbons (Fsp3) is 1.00. The van der Waals surface area contributed by atoms with Gasteiger partial charge in [-0.1, -0.05) is 32.2 Å². The number of rotatable bonds is 3. The minimum absolute atomic E-state index is 0. The molecular formula is C5H16SSi. The molecule has 0 aliphatic carbocycles. The van der Waals surface area contributed by atoms with Gasteiger partial charge in [-0.3, -0.25) is 0 Å². The van der Waals surface area contributed by atoms with Crippen LogP contribution in [0.3, 0.4) is 0 Å². The van der Waals surface area contributed by atoms with Crippen molar-refractivity contribution in [3.63, 3.8) is 0 Å². The normalized spacial score (nSPS) is 8.14. The molecule has 0 N–H and O–H groups in total. The summed E-state index contributed by atoms with van der Waals surface area (Å²) in [7, 11) is 1.40. The summed E-state index contributed by atoms with van der Waals surface area (Å²) < 4.78 is 0. The minimum atomic E-state index is 0. The Kier molecular flexibility index (Phi) is 14.7. The molecule has 7 heavy (non-hydrogen) atoms. The van der Waals surface area contributed by atoms with Crippen LogP contribution in [-0.4, -0.2) is 10.2 Å². The third-order valence-corrected chi connectivity index (χ3v) is 1.66.